The number of aromatic nitrogens is 3. The lowest BCUT2D eigenvalue weighted by atomic mass is 10.2. The van der Waals surface area contributed by atoms with Crippen molar-refractivity contribution in [2.45, 2.75) is 19.3 Å². The van der Waals surface area contributed by atoms with Crippen LogP contribution in [0.25, 0.3) is 5.69 Å². The number of amides is 2. The van der Waals surface area contributed by atoms with Crippen LogP contribution in [0.1, 0.15) is 38.5 Å². The van der Waals surface area contributed by atoms with Gasteiger partial charge in [-0.3, -0.25) is 14.6 Å². The number of hydrogen-bond donors (Lipinski definition) is 2. The number of rotatable bonds is 6. The molecule has 4 rings (SSSR count). The van der Waals surface area contributed by atoms with Crippen molar-refractivity contribution in [1.82, 2.24) is 25.4 Å². The quantitative estimate of drug-likeness (QED) is 0.609. The Kier molecular flexibility index (Phi) is 5.51. The summed E-state index contributed by atoms with van der Waals surface area (Å²) in [6, 6.07) is 6.85. The first-order valence-electron chi connectivity index (χ1n) is 9.57. The predicted molar refractivity (Wildman–Crippen MR) is 104 cm³/mol. The first-order chi connectivity index (χ1) is 14.5. The van der Waals surface area contributed by atoms with Gasteiger partial charge in [-0.2, -0.15) is 5.10 Å². The number of carbonyl (C=O) groups is 2. The van der Waals surface area contributed by atoms with Crippen LogP contribution in [0.4, 0.5) is 8.78 Å². The molecule has 2 aromatic heterocycles. The summed E-state index contributed by atoms with van der Waals surface area (Å²) in [7, 11) is 0. The number of pyridine rings is 1. The fourth-order valence-electron chi connectivity index (χ4n) is 3.49. The highest BCUT2D eigenvalue weighted by Crippen LogP contribution is 2.28. The van der Waals surface area contributed by atoms with Crippen LogP contribution in [0.15, 0.2) is 42.7 Å². The summed E-state index contributed by atoms with van der Waals surface area (Å²) in [5.74, 6) is -2.55. The van der Waals surface area contributed by atoms with Crippen molar-refractivity contribution in [2.75, 3.05) is 13.1 Å². The highest BCUT2D eigenvalue weighted by molar-refractivity contribution is 5.95. The molecule has 0 bridgehead atoms. The van der Waals surface area contributed by atoms with Crippen LogP contribution >= 0.6 is 0 Å². The normalized spacial score (nSPS) is 12.5. The highest BCUT2D eigenvalue weighted by Gasteiger charge is 2.27. The molecule has 1 aliphatic carbocycles. The molecule has 2 N–H and O–H groups in total. The smallest absolute Gasteiger partial charge is 0.272 e. The molecule has 0 saturated carbocycles. The zero-order valence-electron chi connectivity index (χ0n) is 16.0. The molecule has 0 spiro atoms. The SMILES string of the molecule is O=C(NCCNC(=O)c1nn(-c2ccc(F)c(F)c2)c2c1CCC2)c1cccnc1. The average Bonchev–Trinajstić information content (AvgIpc) is 3.36. The summed E-state index contributed by atoms with van der Waals surface area (Å²) in [4.78, 5) is 28.5. The van der Waals surface area contributed by atoms with Crippen LogP contribution in [0.2, 0.25) is 0 Å². The molecule has 2 heterocycles. The van der Waals surface area contributed by atoms with Gasteiger partial charge in [0, 0.05) is 42.8 Å². The maximum absolute atomic E-state index is 13.6. The Morgan fingerprint density at radius 1 is 1.03 bits per heavy atom. The number of hydrogen-bond acceptors (Lipinski definition) is 4. The number of nitrogens with one attached hydrogen (secondary N) is 2. The Labute approximate surface area is 171 Å². The lowest BCUT2D eigenvalue weighted by Crippen LogP contribution is -2.35. The van der Waals surface area contributed by atoms with Gasteiger partial charge in [-0.25, -0.2) is 13.5 Å². The van der Waals surface area contributed by atoms with E-state index in [0.29, 0.717) is 24.1 Å². The van der Waals surface area contributed by atoms with Gasteiger partial charge in [-0.05, 0) is 43.5 Å². The maximum Gasteiger partial charge on any atom is 0.272 e. The lowest BCUT2D eigenvalue weighted by molar-refractivity contribution is 0.0924. The van der Waals surface area contributed by atoms with Gasteiger partial charge < -0.3 is 10.6 Å². The Bertz CT molecular complexity index is 1100. The van der Waals surface area contributed by atoms with E-state index in [-0.39, 0.29) is 30.6 Å². The summed E-state index contributed by atoms with van der Waals surface area (Å²) in [6.07, 6.45) is 5.30. The molecule has 3 aromatic rings. The molecular weight excluding hydrogens is 392 g/mol. The number of carbonyl (C=O) groups excluding carboxylic acids is 2. The van der Waals surface area contributed by atoms with Crippen LogP contribution in [0.5, 0.6) is 0 Å². The topological polar surface area (TPSA) is 88.9 Å². The fraction of sp³-hybridized carbons (Fsp3) is 0.238. The highest BCUT2D eigenvalue weighted by atomic mass is 19.2. The van der Waals surface area contributed by atoms with Crippen molar-refractivity contribution in [3.63, 3.8) is 0 Å². The number of fused-ring (bicyclic) bond motifs is 1. The van der Waals surface area contributed by atoms with Crippen molar-refractivity contribution < 1.29 is 18.4 Å². The standard InChI is InChI=1S/C21H19F2N5O2/c22-16-7-6-14(11-17(16)23)28-18-5-1-4-15(18)19(27-28)21(30)26-10-9-25-20(29)13-3-2-8-24-12-13/h2-3,6-8,11-12H,1,4-5,9-10H2,(H,25,29)(H,26,30). The van der Waals surface area contributed by atoms with Crippen molar-refractivity contribution >= 4 is 11.8 Å². The summed E-state index contributed by atoms with van der Waals surface area (Å²) < 4.78 is 28.4. The van der Waals surface area contributed by atoms with Gasteiger partial charge in [-0.15, -0.1) is 0 Å². The molecular formula is C21H19F2N5O2. The van der Waals surface area contributed by atoms with E-state index in [0.717, 1.165) is 29.8 Å². The number of nitrogens with zero attached hydrogens (tertiary/aromatic N) is 3. The summed E-state index contributed by atoms with van der Waals surface area (Å²) in [6.45, 7) is 0.461. The molecule has 1 aliphatic rings. The van der Waals surface area contributed by atoms with E-state index < -0.39 is 11.6 Å². The van der Waals surface area contributed by atoms with Gasteiger partial charge in [0.15, 0.2) is 17.3 Å². The van der Waals surface area contributed by atoms with E-state index in [1.54, 1.807) is 18.3 Å². The summed E-state index contributed by atoms with van der Waals surface area (Å²) in [5, 5.41) is 9.80. The zero-order chi connectivity index (χ0) is 21.1. The van der Waals surface area contributed by atoms with Crippen molar-refractivity contribution in [2.24, 2.45) is 0 Å². The molecule has 0 aliphatic heterocycles. The van der Waals surface area contributed by atoms with Crippen LogP contribution in [-0.4, -0.2) is 39.7 Å². The Balaban J connectivity index is 1.42. The van der Waals surface area contributed by atoms with Gasteiger partial charge >= 0.3 is 0 Å². The Hall–Kier alpha value is -3.62. The first-order valence-corrected chi connectivity index (χ1v) is 9.57. The van der Waals surface area contributed by atoms with E-state index in [1.807, 2.05) is 0 Å². The summed E-state index contributed by atoms with van der Waals surface area (Å²) in [5.41, 5.74) is 2.72. The van der Waals surface area contributed by atoms with Gasteiger partial charge in [0.2, 0.25) is 0 Å². The number of halogens is 2. The Morgan fingerprint density at radius 3 is 2.57 bits per heavy atom. The van der Waals surface area contributed by atoms with Gasteiger partial charge in [-0.1, -0.05) is 0 Å². The average molecular weight is 411 g/mol. The van der Waals surface area contributed by atoms with Crippen molar-refractivity contribution in [1.29, 1.82) is 0 Å². The van der Waals surface area contributed by atoms with Gasteiger partial charge in [0.1, 0.15) is 0 Å². The molecule has 2 amide bonds. The molecule has 7 nitrogen and oxygen atoms in total. The van der Waals surface area contributed by atoms with E-state index in [9.17, 15) is 18.4 Å². The van der Waals surface area contributed by atoms with Gasteiger partial charge in [0.25, 0.3) is 11.8 Å². The summed E-state index contributed by atoms with van der Waals surface area (Å²) >= 11 is 0. The van der Waals surface area contributed by atoms with Crippen LogP contribution in [-0.2, 0) is 12.8 Å². The molecule has 1 aromatic carbocycles. The predicted octanol–water partition coefficient (Wildman–Crippen LogP) is 2.19. The second-order valence-electron chi connectivity index (χ2n) is 6.89. The molecule has 0 radical (unpaired) electrons. The maximum atomic E-state index is 13.6. The minimum atomic E-state index is -0.967. The van der Waals surface area contributed by atoms with Gasteiger partial charge in [0.05, 0.1) is 11.3 Å². The lowest BCUT2D eigenvalue weighted by Gasteiger charge is -2.07. The largest absolute Gasteiger partial charge is 0.350 e. The minimum absolute atomic E-state index is 0.220. The monoisotopic (exact) mass is 411 g/mol. The van der Waals surface area contributed by atoms with E-state index in [1.165, 1.54) is 16.9 Å². The minimum Gasteiger partial charge on any atom is -0.350 e. The Morgan fingerprint density at radius 2 is 1.83 bits per heavy atom. The number of benzene rings is 1. The first kappa shape index (κ1) is 19.7. The molecule has 9 heteroatoms. The second-order valence-corrected chi connectivity index (χ2v) is 6.89. The third kappa shape index (κ3) is 3.91. The zero-order valence-corrected chi connectivity index (χ0v) is 16.0. The van der Waals surface area contributed by atoms with E-state index in [2.05, 4.69) is 20.7 Å². The molecule has 0 saturated heterocycles. The molecule has 30 heavy (non-hydrogen) atoms. The molecule has 0 fully saturated rings. The van der Waals surface area contributed by atoms with Crippen molar-refractivity contribution in [3.8, 4) is 5.69 Å². The van der Waals surface area contributed by atoms with E-state index >= 15 is 0 Å². The van der Waals surface area contributed by atoms with Crippen LogP contribution in [0.3, 0.4) is 0 Å². The third-order valence-corrected chi connectivity index (χ3v) is 4.91. The molecule has 154 valence electrons. The van der Waals surface area contributed by atoms with Crippen molar-refractivity contribution in [3.05, 3.63) is 76.9 Å². The fourth-order valence-corrected chi connectivity index (χ4v) is 3.49. The van der Waals surface area contributed by atoms with E-state index in [4.69, 9.17) is 0 Å². The molecule has 0 atom stereocenters. The molecule has 0 unspecified atom stereocenters. The van der Waals surface area contributed by atoms with Crippen LogP contribution in [0, 0.1) is 11.6 Å². The third-order valence-electron chi connectivity index (χ3n) is 4.91. The second kappa shape index (κ2) is 8.40. The van der Waals surface area contributed by atoms with Crippen LogP contribution < -0.4 is 10.6 Å².